The van der Waals surface area contributed by atoms with Crippen LogP contribution in [0.25, 0.3) is 4.85 Å². The Kier molecular flexibility index (Phi) is 5.06. The number of ether oxygens (including phenoxy) is 2. The minimum absolute atomic E-state index is 0.0412. The standard InChI is InChI=1S/C28H42NO3/c1-17(8-11-23-25(3,4)32-23)20-9-10-21-24-28(29-7,15-14-26(20,21)5)27(6)13-12-19(30)16-22(27)18(2)31-24/h7,16-18,20-21,23-24H,8-15H2,1-6H3/q+1/t17-,18?,20-,21+,23?,24+,26-,27+,28-/m1/s1. The van der Waals surface area contributed by atoms with E-state index in [9.17, 15) is 4.79 Å². The lowest BCUT2D eigenvalue weighted by Crippen LogP contribution is -2.67. The third kappa shape index (κ3) is 2.96. The zero-order valence-electron chi connectivity index (χ0n) is 20.9. The second kappa shape index (κ2) is 7.16. The maximum atomic E-state index is 12.3. The van der Waals surface area contributed by atoms with Crippen LogP contribution in [-0.2, 0) is 14.3 Å². The van der Waals surface area contributed by atoms with Crippen molar-refractivity contribution in [1.82, 2.24) is 0 Å². The Bertz CT molecular complexity index is 886. The molecule has 32 heavy (non-hydrogen) atoms. The van der Waals surface area contributed by atoms with E-state index in [0.717, 1.165) is 24.8 Å². The third-order valence-electron chi connectivity index (χ3n) is 10.9. The molecule has 0 radical (unpaired) electrons. The van der Waals surface area contributed by atoms with Crippen molar-refractivity contribution < 1.29 is 14.3 Å². The zero-order chi connectivity index (χ0) is 23.1. The second-order valence-corrected chi connectivity index (χ2v) is 12.7. The van der Waals surface area contributed by atoms with Gasteiger partial charge in [0, 0.05) is 12.8 Å². The summed E-state index contributed by atoms with van der Waals surface area (Å²) in [5.41, 5.74) is 0.874. The number of ketones is 1. The van der Waals surface area contributed by atoms with E-state index in [1.165, 1.54) is 25.7 Å². The van der Waals surface area contributed by atoms with Gasteiger partial charge in [0.05, 0.1) is 23.2 Å². The quantitative estimate of drug-likeness (QED) is 0.490. The molecule has 0 amide bonds. The van der Waals surface area contributed by atoms with E-state index in [4.69, 9.17) is 16.0 Å². The molecule has 3 aliphatic carbocycles. The molecule has 4 fully saturated rings. The van der Waals surface area contributed by atoms with Gasteiger partial charge in [0.2, 0.25) is 0 Å². The molecule has 0 aromatic rings. The maximum absolute atomic E-state index is 12.3. The number of allylic oxidation sites excluding steroid dienone is 1. The lowest BCUT2D eigenvalue weighted by atomic mass is 9.47. The minimum Gasteiger partial charge on any atom is -0.367 e. The zero-order valence-corrected chi connectivity index (χ0v) is 20.9. The Labute approximate surface area is 194 Å². The largest absolute Gasteiger partial charge is 0.367 e. The number of nitrogens with zero attached hydrogens (tertiary/aromatic N) is 1. The summed E-state index contributed by atoms with van der Waals surface area (Å²) in [4.78, 5) is 16.9. The van der Waals surface area contributed by atoms with Gasteiger partial charge in [-0.05, 0) is 101 Å². The van der Waals surface area contributed by atoms with Crippen molar-refractivity contribution in [3.05, 3.63) is 16.5 Å². The monoisotopic (exact) mass is 440 g/mol. The fourth-order valence-corrected chi connectivity index (χ4v) is 8.71. The highest BCUT2D eigenvalue weighted by Crippen LogP contribution is 2.68. The van der Waals surface area contributed by atoms with Gasteiger partial charge in [-0.25, -0.2) is 0 Å². The SMILES string of the molecule is C#[N+][C@]12CC[C@]3(C)[C@@H]([C@H](C)CCC4OC4(C)C)CC[C@H]3[C@@H]1OC(C)C1=CC(=O)CC[C@@]12C. The van der Waals surface area contributed by atoms with Crippen LogP contribution in [0.3, 0.4) is 0 Å². The van der Waals surface area contributed by atoms with Crippen molar-refractivity contribution in [3.63, 3.8) is 0 Å². The lowest BCUT2D eigenvalue weighted by Gasteiger charge is -2.58. The Balaban J connectivity index is 1.41. The van der Waals surface area contributed by atoms with Crippen molar-refractivity contribution in [3.8, 4) is 6.57 Å². The Morgan fingerprint density at radius 2 is 1.91 bits per heavy atom. The van der Waals surface area contributed by atoms with Gasteiger partial charge in [0.15, 0.2) is 5.78 Å². The van der Waals surface area contributed by atoms with Gasteiger partial charge in [0.25, 0.3) is 6.57 Å². The van der Waals surface area contributed by atoms with Gasteiger partial charge in [-0.15, -0.1) is 0 Å². The smallest absolute Gasteiger partial charge is 0.315 e. The molecule has 5 aliphatic rings. The molecule has 2 heterocycles. The molecular formula is C28H42NO3+. The predicted molar refractivity (Wildman–Crippen MR) is 127 cm³/mol. The molecule has 0 N–H and O–H groups in total. The van der Waals surface area contributed by atoms with Gasteiger partial charge >= 0.3 is 5.54 Å². The van der Waals surface area contributed by atoms with Crippen LogP contribution in [0.2, 0.25) is 0 Å². The average Bonchev–Trinajstić information content (AvgIpc) is 3.19. The normalized spacial score (nSPS) is 49.8. The number of rotatable bonds is 4. The number of hydrogen-bond acceptors (Lipinski definition) is 3. The van der Waals surface area contributed by atoms with E-state index in [1.54, 1.807) is 0 Å². The molecule has 2 unspecified atom stereocenters. The summed E-state index contributed by atoms with van der Waals surface area (Å²) in [6, 6.07) is 0. The topological polar surface area (TPSA) is 43.2 Å². The first kappa shape index (κ1) is 22.6. The van der Waals surface area contributed by atoms with Gasteiger partial charge in [-0.3, -0.25) is 4.79 Å². The molecule has 4 heteroatoms. The first-order valence-electron chi connectivity index (χ1n) is 13.0. The number of hydrogen-bond donors (Lipinski definition) is 0. The van der Waals surface area contributed by atoms with E-state index in [0.29, 0.717) is 30.3 Å². The summed E-state index contributed by atoms with van der Waals surface area (Å²) < 4.78 is 12.6. The van der Waals surface area contributed by atoms with E-state index in [-0.39, 0.29) is 34.4 Å². The number of fused-ring (bicyclic) bond motifs is 5. The third-order valence-corrected chi connectivity index (χ3v) is 10.9. The van der Waals surface area contributed by atoms with Gasteiger partial charge in [-0.2, -0.15) is 0 Å². The minimum atomic E-state index is -0.416. The van der Waals surface area contributed by atoms with Crippen LogP contribution in [-0.4, -0.2) is 35.2 Å². The summed E-state index contributed by atoms with van der Waals surface area (Å²) >= 11 is 0. The molecule has 5 rings (SSSR count). The fourth-order valence-electron chi connectivity index (χ4n) is 8.71. The van der Waals surface area contributed by atoms with Gasteiger partial charge < -0.3 is 9.47 Å². The predicted octanol–water partition coefficient (Wildman–Crippen LogP) is 6.19. The van der Waals surface area contributed by atoms with Crippen molar-refractivity contribution >= 4 is 5.78 Å². The van der Waals surface area contributed by atoms with Crippen LogP contribution in [0.4, 0.5) is 0 Å². The highest BCUT2D eigenvalue weighted by molar-refractivity contribution is 5.92. The van der Waals surface area contributed by atoms with E-state index >= 15 is 0 Å². The molecule has 176 valence electrons. The van der Waals surface area contributed by atoms with E-state index in [2.05, 4.69) is 46.4 Å². The van der Waals surface area contributed by atoms with Crippen LogP contribution in [0.1, 0.15) is 92.9 Å². The number of epoxide rings is 1. The molecule has 0 bridgehead atoms. The average molecular weight is 441 g/mol. The highest BCUT2D eigenvalue weighted by Gasteiger charge is 2.75. The van der Waals surface area contributed by atoms with Crippen LogP contribution in [0.5, 0.6) is 0 Å². The molecule has 0 aromatic heterocycles. The molecule has 4 nitrogen and oxygen atoms in total. The number of carbonyl (C=O) groups excluding carboxylic acids is 1. The summed E-state index contributed by atoms with van der Waals surface area (Å²) in [5.74, 6) is 2.09. The Morgan fingerprint density at radius 1 is 1.19 bits per heavy atom. The van der Waals surface area contributed by atoms with E-state index in [1.807, 2.05) is 6.08 Å². The molecule has 0 aromatic carbocycles. The first-order valence-corrected chi connectivity index (χ1v) is 13.0. The van der Waals surface area contributed by atoms with E-state index < -0.39 is 5.54 Å². The van der Waals surface area contributed by atoms with Gasteiger partial charge in [0.1, 0.15) is 6.10 Å². The molecule has 2 saturated carbocycles. The number of carbonyl (C=O) groups is 1. The first-order chi connectivity index (χ1) is 15.0. The van der Waals surface area contributed by atoms with Crippen molar-refractivity contribution in [2.75, 3.05) is 0 Å². The van der Waals surface area contributed by atoms with Crippen LogP contribution < -0.4 is 0 Å². The van der Waals surface area contributed by atoms with Crippen LogP contribution >= 0.6 is 0 Å². The van der Waals surface area contributed by atoms with Crippen molar-refractivity contribution in [2.24, 2.45) is 28.6 Å². The van der Waals surface area contributed by atoms with Gasteiger partial charge in [-0.1, -0.05) is 18.7 Å². The fraction of sp³-hybridized carbons (Fsp3) is 0.857. The van der Waals surface area contributed by atoms with Crippen molar-refractivity contribution in [2.45, 2.75) is 122 Å². The molecule has 0 spiro atoms. The van der Waals surface area contributed by atoms with Crippen molar-refractivity contribution in [1.29, 1.82) is 0 Å². The molecular weight excluding hydrogens is 398 g/mol. The Hall–Kier alpha value is -1.18. The molecule has 2 aliphatic heterocycles. The van der Waals surface area contributed by atoms with Crippen LogP contribution in [0, 0.1) is 35.2 Å². The lowest BCUT2D eigenvalue weighted by molar-refractivity contribution is -0.173. The summed E-state index contributed by atoms with van der Waals surface area (Å²) in [6.45, 7) is 20.1. The Morgan fingerprint density at radius 3 is 2.56 bits per heavy atom. The summed E-state index contributed by atoms with van der Waals surface area (Å²) in [6.07, 6.45) is 10.7. The summed E-state index contributed by atoms with van der Waals surface area (Å²) in [7, 11) is 0. The maximum Gasteiger partial charge on any atom is 0.315 e. The highest BCUT2D eigenvalue weighted by atomic mass is 16.6. The molecule has 2 saturated heterocycles. The van der Waals surface area contributed by atoms with Crippen LogP contribution in [0.15, 0.2) is 11.6 Å². The summed E-state index contributed by atoms with van der Waals surface area (Å²) in [5, 5.41) is 0. The second-order valence-electron chi connectivity index (χ2n) is 12.7. The molecule has 9 atom stereocenters.